The van der Waals surface area contributed by atoms with Crippen LogP contribution in [-0.4, -0.2) is 18.9 Å². The number of nitrogens with one attached hydrogen (secondary N) is 1. The van der Waals surface area contributed by atoms with Crippen LogP contribution >= 0.6 is 23.4 Å². The average Bonchev–Trinajstić information content (AvgIpc) is 2.43. The molecule has 0 amide bonds. The van der Waals surface area contributed by atoms with Crippen molar-refractivity contribution in [3.05, 3.63) is 48.0 Å². The van der Waals surface area contributed by atoms with E-state index >= 15 is 0 Å². The van der Waals surface area contributed by atoms with E-state index in [9.17, 15) is 4.79 Å². The fourth-order valence-electron chi connectivity index (χ4n) is 2.02. The van der Waals surface area contributed by atoms with Crippen molar-refractivity contribution < 1.29 is 4.79 Å². The molecule has 1 aliphatic heterocycles. The van der Waals surface area contributed by atoms with Gasteiger partial charge in [-0.25, -0.2) is 0 Å². The molecule has 0 spiro atoms. The van der Waals surface area contributed by atoms with Gasteiger partial charge in [0, 0.05) is 15.4 Å². The molecule has 0 saturated carbocycles. The molecule has 0 bridgehead atoms. The summed E-state index contributed by atoms with van der Waals surface area (Å²) in [6, 6.07) is 13.8. The van der Waals surface area contributed by atoms with Gasteiger partial charge in [-0.15, -0.1) is 11.6 Å². The maximum Gasteiger partial charge on any atom is 0.172 e. The Labute approximate surface area is 122 Å². The highest BCUT2D eigenvalue weighted by atomic mass is 35.5. The summed E-state index contributed by atoms with van der Waals surface area (Å²) in [5.41, 5.74) is 2.68. The number of benzene rings is 2. The van der Waals surface area contributed by atoms with E-state index in [1.54, 1.807) is 19.6 Å². The fourth-order valence-corrected chi connectivity index (χ4v) is 3.12. The van der Waals surface area contributed by atoms with Crippen LogP contribution in [0.3, 0.4) is 0 Å². The largest absolute Gasteiger partial charge is 0.354 e. The zero-order chi connectivity index (χ0) is 13.4. The number of fused-ring (bicyclic) bond motifs is 2. The predicted octanol–water partition coefficient (Wildman–Crippen LogP) is 3.28. The van der Waals surface area contributed by atoms with E-state index in [0.29, 0.717) is 5.56 Å². The van der Waals surface area contributed by atoms with Gasteiger partial charge in [-0.2, -0.15) is 0 Å². The van der Waals surface area contributed by atoms with Gasteiger partial charge in [-0.3, -0.25) is 4.79 Å². The predicted molar refractivity (Wildman–Crippen MR) is 82.8 cm³/mol. The molecule has 19 heavy (non-hydrogen) atoms. The highest BCUT2D eigenvalue weighted by molar-refractivity contribution is 7.99. The monoisotopic (exact) mass is 287 g/mol. The fraction of sp³-hybridized carbons (Fsp3) is 0.0714. The molecule has 1 aliphatic rings. The van der Waals surface area contributed by atoms with Gasteiger partial charge in [0.2, 0.25) is 0 Å². The molecule has 3 rings (SSSR count). The summed E-state index contributed by atoms with van der Waals surface area (Å²) in [5, 5.41) is 2.86. The standard InChI is InChI=1S/C14H11BClNOS/c15-14(16)13(18)8-5-6-12-10(7-8)17-9-3-1-2-4-11(9)19-12/h1-7,14,17H,15H2. The van der Waals surface area contributed by atoms with Crippen LogP contribution < -0.4 is 5.32 Å². The lowest BCUT2D eigenvalue weighted by atomic mass is 9.95. The summed E-state index contributed by atoms with van der Waals surface area (Å²) in [6.45, 7) is 0. The Morgan fingerprint density at radius 1 is 1.16 bits per heavy atom. The Balaban J connectivity index is 1.98. The smallest absolute Gasteiger partial charge is 0.172 e. The SMILES string of the molecule is BC(Cl)C(=O)c1ccc2c(c1)Nc1ccccc1S2. The van der Waals surface area contributed by atoms with Crippen LogP contribution in [0, 0.1) is 0 Å². The first kappa shape index (κ1) is 12.6. The normalized spacial score (nSPS) is 13.9. The van der Waals surface area contributed by atoms with E-state index < -0.39 is 5.28 Å². The van der Waals surface area contributed by atoms with Gasteiger partial charge in [-0.05, 0) is 24.3 Å². The lowest BCUT2D eigenvalue weighted by Crippen LogP contribution is -2.14. The van der Waals surface area contributed by atoms with Crippen LogP contribution in [0.25, 0.3) is 0 Å². The lowest BCUT2D eigenvalue weighted by Gasteiger charge is -2.21. The van der Waals surface area contributed by atoms with Crippen LogP contribution in [0.4, 0.5) is 11.4 Å². The molecular formula is C14H11BClNOS. The molecule has 94 valence electrons. The molecule has 2 aromatic carbocycles. The second-order valence-corrected chi connectivity index (χ2v) is 6.15. The third kappa shape index (κ3) is 2.38. The van der Waals surface area contributed by atoms with Crippen molar-refractivity contribution >= 4 is 48.4 Å². The number of carbonyl (C=O) groups excluding carboxylic acids is 1. The Kier molecular flexibility index (Phi) is 3.29. The number of para-hydroxylation sites is 1. The van der Waals surface area contributed by atoms with Crippen molar-refractivity contribution in [2.24, 2.45) is 0 Å². The maximum absolute atomic E-state index is 11.9. The Morgan fingerprint density at radius 2 is 1.89 bits per heavy atom. The van der Waals surface area contributed by atoms with Crippen LogP contribution in [0.15, 0.2) is 52.3 Å². The molecule has 1 unspecified atom stereocenters. The number of rotatable bonds is 2. The molecule has 0 aromatic heterocycles. The highest BCUT2D eigenvalue weighted by Crippen LogP contribution is 2.44. The van der Waals surface area contributed by atoms with Gasteiger partial charge in [0.1, 0.15) is 7.85 Å². The molecule has 0 saturated heterocycles. The third-order valence-electron chi connectivity index (χ3n) is 3.00. The van der Waals surface area contributed by atoms with Crippen LogP contribution in [0.2, 0.25) is 0 Å². The van der Waals surface area contributed by atoms with Gasteiger partial charge >= 0.3 is 0 Å². The van der Waals surface area contributed by atoms with E-state index in [2.05, 4.69) is 11.4 Å². The summed E-state index contributed by atoms with van der Waals surface area (Å²) < 4.78 is 0. The zero-order valence-electron chi connectivity index (χ0n) is 10.3. The minimum absolute atomic E-state index is 0.0462. The van der Waals surface area contributed by atoms with E-state index in [0.717, 1.165) is 16.3 Å². The lowest BCUT2D eigenvalue weighted by molar-refractivity contribution is 0.101. The second kappa shape index (κ2) is 4.95. The molecular weight excluding hydrogens is 276 g/mol. The first-order valence-electron chi connectivity index (χ1n) is 6.01. The van der Waals surface area contributed by atoms with Crippen molar-refractivity contribution in [2.45, 2.75) is 15.1 Å². The van der Waals surface area contributed by atoms with Crippen molar-refractivity contribution in [2.75, 3.05) is 5.32 Å². The quantitative estimate of drug-likeness (QED) is 0.445. The number of alkyl halides is 1. The third-order valence-corrected chi connectivity index (χ3v) is 4.35. The molecule has 2 nitrogen and oxygen atoms in total. The van der Waals surface area contributed by atoms with E-state index in [1.807, 2.05) is 36.4 Å². The number of Topliss-reactive ketones (excluding diaryl/α,β-unsaturated/α-hetero) is 1. The van der Waals surface area contributed by atoms with Crippen LogP contribution in [-0.2, 0) is 0 Å². The molecule has 1 N–H and O–H groups in total. The molecule has 1 atom stereocenters. The van der Waals surface area contributed by atoms with Gasteiger partial charge < -0.3 is 5.32 Å². The Morgan fingerprint density at radius 3 is 2.68 bits per heavy atom. The zero-order valence-corrected chi connectivity index (χ0v) is 11.9. The Bertz CT molecular complexity index is 660. The van der Waals surface area contributed by atoms with Crippen LogP contribution in [0.1, 0.15) is 10.4 Å². The molecule has 0 aliphatic carbocycles. The van der Waals surface area contributed by atoms with Gasteiger partial charge in [-0.1, -0.05) is 30.0 Å². The summed E-state index contributed by atoms with van der Waals surface area (Å²) in [4.78, 5) is 14.2. The number of ketones is 1. The highest BCUT2D eigenvalue weighted by Gasteiger charge is 2.18. The second-order valence-electron chi connectivity index (χ2n) is 4.41. The van der Waals surface area contributed by atoms with E-state index in [1.165, 1.54) is 4.90 Å². The summed E-state index contributed by atoms with van der Waals surface area (Å²) in [6.07, 6.45) is 0. The molecule has 1 heterocycles. The number of carbonyl (C=O) groups is 1. The number of anilines is 2. The number of hydrogen-bond acceptors (Lipinski definition) is 3. The van der Waals surface area contributed by atoms with Gasteiger partial charge in [0.15, 0.2) is 5.78 Å². The minimum atomic E-state index is -0.499. The molecule has 2 aromatic rings. The number of halogens is 1. The number of hydrogen-bond donors (Lipinski definition) is 1. The maximum atomic E-state index is 11.9. The molecule has 5 heteroatoms. The first-order chi connectivity index (χ1) is 9.15. The Hall–Kier alpha value is -1.39. The summed E-state index contributed by atoms with van der Waals surface area (Å²) in [5.74, 6) is -0.0462. The van der Waals surface area contributed by atoms with E-state index in [4.69, 9.17) is 11.6 Å². The van der Waals surface area contributed by atoms with E-state index in [-0.39, 0.29) is 5.78 Å². The van der Waals surface area contributed by atoms with Crippen molar-refractivity contribution in [1.29, 1.82) is 0 Å². The topological polar surface area (TPSA) is 29.1 Å². The van der Waals surface area contributed by atoms with Crippen LogP contribution in [0.5, 0.6) is 0 Å². The van der Waals surface area contributed by atoms with Gasteiger partial charge in [0.05, 0.1) is 16.7 Å². The summed E-state index contributed by atoms with van der Waals surface area (Å²) >= 11 is 7.56. The van der Waals surface area contributed by atoms with Crippen molar-refractivity contribution in [3.63, 3.8) is 0 Å². The minimum Gasteiger partial charge on any atom is -0.354 e. The first-order valence-corrected chi connectivity index (χ1v) is 7.26. The van der Waals surface area contributed by atoms with Crippen molar-refractivity contribution in [1.82, 2.24) is 0 Å². The molecule has 0 fully saturated rings. The van der Waals surface area contributed by atoms with Gasteiger partial charge in [0.25, 0.3) is 0 Å². The summed E-state index contributed by atoms with van der Waals surface area (Å²) in [7, 11) is 1.70. The average molecular weight is 288 g/mol. The molecule has 0 radical (unpaired) electrons. The van der Waals surface area contributed by atoms with Crippen molar-refractivity contribution in [3.8, 4) is 0 Å².